The van der Waals surface area contributed by atoms with Gasteiger partial charge in [0.25, 0.3) is 6.34 Å². The molecule has 2 aliphatic heterocycles. The molecule has 24 heavy (non-hydrogen) atoms. The van der Waals surface area contributed by atoms with E-state index in [-0.39, 0.29) is 0 Å². The molecule has 3 aliphatic rings. The topological polar surface area (TPSA) is 9.26 Å². The zero-order valence-corrected chi connectivity index (χ0v) is 16.5. The Hall–Kier alpha value is -0.795. The van der Waals surface area contributed by atoms with Gasteiger partial charge in [-0.05, 0) is 35.8 Å². The van der Waals surface area contributed by atoms with Gasteiger partial charge < -0.3 is 0 Å². The van der Waals surface area contributed by atoms with Gasteiger partial charge in [-0.2, -0.15) is 0 Å². The standard InChI is InChI=1S/C20H38BN3/c1-16(19-13-21-19)17-9-6-5-7-10-18-14-23(3)24(4)15-22(2)20(18)12-8-11-17/h14-21H,5-13H2,1-4H3/q+2/t16-,17?,18?,19?,20?/m0/s1. The fourth-order valence-corrected chi connectivity index (χ4v) is 5.13. The average molecular weight is 331 g/mol. The van der Waals surface area contributed by atoms with Crippen LogP contribution in [0, 0.1) is 17.8 Å². The Labute approximate surface area is 150 Å². The highest BCUT2D eigenvalue weighted by molar-refractivity contribution is 6.50. The van der Waals surface area contributed by atoms with Crippen LogP contribution in [-0.2, 0) is 0 Å². The van der Waals surface area contributed by atoms with Crippen LogP contribution in [0.1, 0.15) is 58.3 Å². The van der Waals surface area contributed by atoms with Crippen molar-refractivity contribution in [2.24, 2.45) is 17.8 Å². The van der Waals surface area contributed by atoms with E-state index in [2.05, 4.69) is 54.9 Å². The van der Waals surface area contributed by atoms with Crippen molar-refractivity contribution in [3.63, 3.8) is 0 Å². The molecular weight excluding hydrogens is 293 g/mol. The lowest BCUT2D eigenvalue weighted by Gasteiger charge is -2.26. The van der Waals surface area contributed by atoms with E-state index < -0.39 is 0 Å². The third kappa shape index (κ3) is 4.43. The molecule has 0 aromatic rings. The molecule has 0 aromatic carbocycles. The van der Waals surface area contributed by atoms with Gasteiger partial charge >= 0.3 is 0 Å². The van der Waals surface area contributed by atoms with Crippen LogP contribution in [0.5, 0.6) is 0 Å². The molecule has 0 aromatic heterocycles. The number of hydrazone groups is 2. The van der Waals surface area contributed by atoms with E-state index in [1.165, 1.54) is 65.0 Å². The molecule has 4 unspecified atom stereocenters. The molecule has 3 nitrogen and oxygen atoms in total. The molecule has 0 amide bonds. The summed E-state index contributed by atoms with van der Waals surface area (Å²) in [7, 11) is 8.13. The Morgan fingerprint density at radius 1 is 1.00 bits per heavy atom. The molecule has 0 N–H and O–H groups in total. The Morgan fingerprint density at radius 2 is 1.71 bits per heavy atom. The van der Waals surface area contributed by atoms with Crippen LogP contribution in [0.15, 0.2) is 0 Å². The van der Waals surface area contributed by atoms with Crippen molar-refractivity contribution in [3.05, 3.63) is 0 Å². The summed E-state index contributed by atoms with van der Waals surface area (Å²) in [6.45, 7) is 2.55. The first-order valence-corrected chi connectivity index (χ1v) is 10.4. The Bertz CT molecular complexity index is 483. The second kappa shape index (κ2) is 8.06. The Morgan fingerprint density at radius 3 is 2.46 bits per heavy atom. The SMILES string of the molecule is C[C@H](C1BC1)C1CCCCCC2C=[N+](C)[N+](C)=CN(C)C2CCC1. The number of nitrogens with zero attached hydrogens (tertiary/aromatic N) is 3. The minimum atomic E-state index is 0.674. The smallest absolute Gasteiger partial charge is 0.263 e. The molecule has 1 aliphatic carbocycles. The van der Waals surface area contributed by atoms with Crippen molar-refractivity contribution >= 4 is 19.8 Å². The number of fused-ring (bicyclic) bond motifs is 1. The number of hydrogen-bond acceptors (Lipinski definition) is 1. The third-order valence-electron chi connectivity index (χ3n) is 7.07. The second-order valence-electron chi connectivity index (χ2n) is 8.83. The molecule has 0 radical (unpaired) electrons. The summed E-state index contributed by atoms with van der Waals surface area (Å²) in [6.07, 6.45) is 17.6. The summed E-state index contributed by atoms with van der Waals surface area (Å²) in [5.41, 5.74) is 0. The largest absolute Gasteiger partial charge is 0.295 e. The lowest BCUT2D eigenvalue weighted by atomic mass is 9.78. The van der Waals surface area contributed by atoms with Crippen molar-refractivity contribution in [3.8, 4) is 0 Å². The molecule has 4 heteroatoms. The monoisotopic (exact) mass is 331 g/mol. The van der Waals surface area contributed by atoms with E-state index in [1.807, 2.05) is 0 Å². The van der Waals surface area contributed by atoms with Gasteiger partial charge in [-0.1, -0.05) is 55.8 Å². The van der Waals surface area contributed by atoms with Gasteiger partial charge in [0.2, 0.25) is 0 Å². The van der Waals surface area contributed by atoms with Gasteiger partial charge in [0.15, 0.2) is 13.3 Å². The minimum absolute atomic E-state index is 0.674. The van der Waals surface area contributed by atoms with Crippen molar-refractivity contribution in [1.82, 2.24) is 4.90 Å². The fraction of sp³-hybridized carbons (Fsp3) is 0.900. The summed E-state index contributed by atoms with van der Waals surface area (Å²) in [5, 5.41) is 0. The van der Waals surface area contributed by atoms with E-state index in [1.54, 1.807) is 0 Å². The van der Waals surface area contributed by atoms with Crippen LogP contribution in [0.4, 0.5) is 0 Å². The van der Waals surface area contributed by atoms with E-state index in [9.17, 15) is 0 Å². The van der Waals surface area contributed by atoms with Crippen LogP contribution < -0.4 is 0 Å². The molecule has 2 heterocycles. The highest BCUT2D eigenvalue weighted by Crippen LogP contribution is 2.43. The summed E-state index contributed by atoms with van der Waals surface area (Å²) >= 11 is 0. The molecular formula is C20H38BN3+2. The highest BCUT2D eigenvalue weighted by Gasteiger charge is 2.36. The Balaban J connectivity index is 1.69. The van der Waals surface area contributed by atoms with E-state index in [0.29, 0.717) is 12.0 Å². The minimum Gasteiger partial charge on any atom is -0.263 e. The fourth-order valence-electron chi connectivity index (χ4n) is 5.13. The maximum Gasteiger partial charge on any atom is 0.295 e. The van der Waals surface area contributed by atoms with Crippen molar-refractivity contribution < 1.29 is 9.37 Å². The summed E-state index contributed by atoms with van der Waals surface area (Å²) < 4.78 is 4.50. The molecule has 1 saturated carbocycles. The van der Waals surface area contributed by atoms with Gasteiger partial charge in [-0.15, -0.1) is 0 Å². The molecule has 134 valence electrons. The Kier molecular flexibility index (Phi) is 6.05. The number of rotatable bonds is 2. The van der Waals surface area contributed by atoms with Gasteiger partial charge in [0, 0.05) is 0 Å². The second-order valence-corrected chi connectivity index (χ2v) is 8.83. The number of hydrogen-bond donors (Lipinski definition) is 0. The highest BCUT2D eigenvalue weighted by atomic mass is 15.5. The average Bonchev–Trinajstić information content (AvgIpc) is 3.38. The maximum atomic E-state index is 2.55. The van der Waals surface area contributed by atoms with Crippen LogP contribution in [0.25, 0.3) is 0 Å². The third-order valence-corrected chi connectivity index (χ3v) is 7.07. The summed E-state index contributed by atoms with van der Waals surface area (Å²) in [4.78, 5) is 2.49. The predicted molar refractivity (Wildman–Crippen MR) is 105 cm³/mol. The number of hydrazine groups is 1. The molecule has 0 spiro atoms. The first-order chi connectivity index (χ1) is 11.6. The first-order valence-electron chi connectivity index (χ1n) is 10.4. The maximum absolute atomic E-state index is 2.55. The zero-order valence-electron chi connectivity index (χ0n) is 16.5. The normalized spacial score (nSPS) is 36.2. The van der Waals surface area contributed by atoms with Crippen molar-refractivity contribution in [1.29, 1.82) is 0 Å². The summed E-state index contributed by atoms with van der Waals surface area (Å²) in [5.74, 6) is 3.73. The lowest BCUT2D eigenvalue weighted by Crippen LogP contribution is -2.38. The molecule has 0 bridgehead atoms. The van der Waals surface area contributed by atoms with Gasteiger partial charge in [0.1, 0.15) is 20.4 Å². The summed E-state index contributed by atoms with van der Waals surface area (Å²) in [6, 6.07) is 0.674. The van der Waals surface area contributed by atoms with Crippen LogP contribution in [-0.4, -0.2) is 61.3 Å². The van der Waals surface area contributed by atoms with Crippen LogP contribution in [0.3, 0.4) is 0 Å². The van der Waals surface area contributed by atoms with E-state index in [0.717, 1.165) is 17.7 Å². The first kappa shape index (κ1) is 18.0. The van der Waals surface area contributed by atoms with E-state index in [4.69, 9.17) is 0 Å². The zero-order chi connectivity index (χ0) is 17.1. The van der Waals surface area contributed by atoms with Gasteiger partial charge in [0.05, 0.1) is 13.0 Å². The van der Waals surface area contributed by atoms with Crippen LogP contribution >= 0.6 is 0 Å². The lowest BCUT2D eigenvalue weighted by molar-refractivity contribution is -1.09. The quantitative estimate of drug-likeness (QED) is 0.557. The van der Waals surface area contributed by atoms with Gasteiger partial charge in [-0.3, -0.25) is 4.90 Å². The van der Waals surface area contributed by atoms with Crippen LogP contribution in [0.2, 0.25) is 12.1 Å². The van der Waals surface area contributed by atoms with E-state index >= 15 is 0 Å². The predicted octanol–water partition coefficient (Wildman–Crippen LogP) is 3.26. The van der Waals surface area contributed by atoms with Crippen molar-refractivity contribution in [2.75, 3.05) is 21.1 Å². The molecule has 3 rings (SSSR count). The molecule has 5 atom stereocenters. The molecule has 2 fully saturated rings. The van der Waals surface area contributed by atoms with Crippen molar-refractivity contribution in [2.45, 2.75) is 76.5 Å². The van der Waals surface area contributed by atoms with Gasteiger partial charge in [-0.25, -0.2) is 0 Å². The molecule has 1 saturated heterocycles.